The van der Waals surface area contributed by atoms with Crippen molar-refractivity contribution in [3.63, 3.8) is 0 Å². The number of H-pyrrole nitrogens is 1. The Kier molecular flexibility index (Phi) is 55.6. The first-order chi connectivity index (χ1) is 59.7. The molecule has 44 heteroatoms. The van der Waals surface area contributed by atoms with Crippen molar-refractivity contribution in [3.05, 3.63) is 203 Å². The van der Waals surface area contributed by atoms with Crippen molar-refractivity contribution < 1.29 is 148 Å². The monoisotopic (exact) mass is 1910 g/mol. The van der Waals surface area contributed by atoms with Gasteiger partial charge in [0.1, 0.15) is 53.1 Å². The van der Waals surface area contributed by atoms with Gasteiger partial charge in [-0.2, -0.15) is 41.0 Å². The number of rotatable bonds is 28. The van der Waals surface area contributed by atoms with Crippen molar-refractivity contribution >= 4 is 164 Å². The van der Waals surface area contributed by atoms with E-state index in [-0.39, 0.29) is 196 Å². The number of aromatic nitrogens is 10. The van der Waals surface area contributed by atoms with Crippen LogP contribution >= 0.6 is 70.1 Å². The molecular weight excluding hydrogens is 1810 g/mol. The molecule has 0 unspecified atom stereocenters. The van der Waals surface area contributed by atoms with Gasteiger partial charge in [-0.05, 0) is 179 Å². The number of thioether (sulfide) groups is 3. The van der Waals surface area contributed by atoms with Gasteiger partial charge in [-0.1, -0.05) is 172 Å². The maximum Gasteiger partial charge on any atom is 1.00 e. The Hall–Kier alpha value is -10.1. The molecule has 668 valence electrons. The van der Waals surface area contributed by atoms with Crippen molar-refractivity contribution in [2.45, 2.75) is 129 Å². The molecule has 36 nitrogen and oxygen atoms in total. The van der Waals surface area contributed by atoms with Crippen LogP contribution in [0.4, 0.5) is 63.6 Å². The largest absolute Gasteiger partial charge is 1.00 e. The average Bonchev–Trinajstić information content (AvgIpc) is 0.897. The summed E-state index contributed by atoms with van der Waals surface area (Å²) in [7, 11) is 2.91. The summed E-state index contributed by atoms with van der Waals surface area (Å²) in [5, 5.41) is 64.9. The van der Waals surface area contributed by atoms with E-state index in [0.29, 0.717) is 63.5 Å². The van der Waals surface area contributed by atoms with Crippen LogP contribution in [0.5, 0.6) is 11.8 Å². The van der Waals surface area contributed by atoms with Crippen LogP contribution in [0.2, 0.25) is 15.5 Å². The van der Waals surface area contributed by atoms with Crippen LogP contribution in [0, 0.1) is 97.7 Å². The van der Waals surface area contributed by atoms with E-state index < -0.39 is 47.3 Å². The van der Waals surface area contributed by atoms with Gasteiger partial charge in [-0.25, -0.2) is 24.9 Å². The summed E-state index contributed by atoms with van der Waals surface area (Å²) < 4.78 is 10.4. The Morgan fingerprint density at radius 2 is 0.828 bits per heavy atom. The molecule has 5 heterocycles. The maximum atomic E-state index is 12.3. The number of carbonyl (C=O) groups excluding carboxylic acids is 5. The molecule has 0 bridgehead atoms. The van der Waals surface area contributed by atoms with Crippen molar-refractivity contribution in [2.24, 2.45) is 46.4 Å². The van der Waals surface area contributed by atoms with Gasteiger partial charge in [0.2, 0.25) is 41.4 Å². The Bertz CT molecular complexity index is 5540. The number of amides is 4. The quantitative estimate of drug-likeness (QED) is 0.00336. The molecule has 0 saturated heterocycles. The smallest absolute Gasteiger partial charge is 1.00 e. The Morgan fingerprint density at radius 1 is 0.492 bits per heavy atom. The van der Waals surface area contributed by atoms with Gasteiger partial charge in [0.25, 0.3) is 17.9 Å². The first-order valence-electron chi connectivity index (χ1n) is 37.7. The van der Waals surface area contributed by atoms with E-state index in [0.717, 1.165) is 45.0 Å². The number of primary amides is 4. The predicted molar refractivity (Wildman–Crippen MR) is 494 cm³/mol. The average molecular weight is 1920 g/mol. The minimum Gasteiger partial charge on any atom is -1.00 e. The first kappa shape index (κ1) is 116. The number of aromatic amines is 1. The molecule has 0 radical (unpaired) electrons. The summed E-state index contributed by atoms with van der Waals surface area (Å²) in [6.45, 7) is 21.6. The third-order valence-corrected chi connectivity index (χ3v) is 18.4. The topological polar surface area (TPSA) is 608 Å². The van der Waals surface area contributed by atoms with Gasteiger partial charge >= 0.3 is 103 Å². The molecule has 10 rings (SSSR count). The van der Waals surface area contributed by atoms with Gasteiger partial charge in [0.05, 0.1) is 20.3 Å². The molecule has 0 saturated carbocycles. The van der Waals surface area contributed by atoms with Crippen molar-refractivity contribution in [1.29, 1.82) is 21.0 Å². The van der Waals surface area contributed by atoms with Crippen LogP contribution in [0.1, 0.15) is 123 Å². The van der Waals surface area contributed by atoms with Crippen molar-refractivity contribution in [1.82, 2.24) is 49.8 Å². The fourth-order valence-electron chi connectivity index (χ4n) is 10.3. The number of anilines is 11. The number of nitrogens with one attached hydrogen (secondary N) is 7. The molecule has 3 atom stereocenters. The molecule has 0 aliphatic rings. The second-order valence-corrected chi connectivity index (χ2v) is 31.1. The summed E-state index contributed by atoms with van der Waals surface area (Å²) >= 11 is 21.4. The van der Waals surface area contributed by atoms with Gasteiger partial charge in [-0.15, -0.1) is 0 Å². The summed E-state index contributed by atoms with van der Waals surface area (Å²) in [5.41, 5.74) is 41.2. The normalized spacial score (nSPS) is 10.6. The zero-order chi connectivity index (χ0) is 94.4. The summed E-state index contributed by atoms with van der Waals surface area (Å²) in [6.07, 6.45) is 7.19. The third-order valence-electron chi connectivity index (χ3n) is 15.9. The number of hydrogen-bond acceptors (Lipinski definition) is 34. The second kappa shape index (κ2) is 61.4. The second-order valence-electron chi connectivity index (χ2n) is 27.7. The van der Waals surface area contributed by atoms with E-state index in [2.05, 4.69) is 98.8 Å². The van der Waals surface area contributed by atoms with Crippen LogP contribution < -0.4 is 189 Å². The van der Waals surface area contributed by atoms with E-state index in [1.807, 2.05) is 216 Å². The number of ether oxygens (including phenoxy) is 2. The molecule has 0 spiro atoms. The number of methoxy groups -OCH3 is 2. The van der Waals surface area contributed by atoms with E-state index >= 15 is 0 Å². The molecule has 0 aliphatic carbocycles. The Morgan fingerprint density at radius 3 is 1.14 bits per heavy atom. The van der Waals surface area contributed by atoms with E-state index in [1.165, 1.54) is 55.1 Å². The number of nitrogens with zero attached hydrogens (tertiary/aromatic N) is 13. The number of nitrogen functional groups attached to an aromatic ring is 1. The summed E-state index contributed by atoms with van der Waals surface area (Å²) in [4.78, 5) is 109. The van der Waals surface area contributed by atoms with Crippen LogP contribution in [-0.4, -0.2) is 131 Å². The minimum absolute atomic E-state index is 0. The van der Waals surface area contributed by atoms with Gasteiger partial charge in [0, 0.05) is 28.4 Å². The van der Waals surface area contributed by atoms with Crippen LogP contribution in [-0.2, 0) is 24.1 Å². The molecule has 10 aromatic rings. The number of nitriles is 4. The Balaban J connectivity index is 0.00000151. The molecule has 5 aromatic heterocycles. The molecular formula is C84H101Cl3K2N26O10S3. The third kappa shape index (κ3) is 42.0. The van der Waals surface area contributed by atoms with E-state index in [1.54, 1.807) is 12.3 Å². The van der Waals surface area contributed by atoms with Gasteiger partial charge < -0.3 is 87.3 Å². The fourth-order valence-corrected chi connectivity index (χ4v) is 12.2. The van der Waals surface area contributed by atoms with Crippen LogP contribution in [0.3, 0.4) is 0 Å². The number of halogens is 3. The minimum atomic E-state index is -0.918. The number of benzene rings is 5. The fraction of sp³-hybridized carbons (Fsp3) is 0.298. The van der Waals surface area contributed by atoms with Gasteiger partial charge in [0.15, 0.2) is 65.3 Å². The summed E-state index contributed by atoms with van der Waals surface area (Å²) in [6, 6.07) is 44.6. The molecule has 128 heavy (non-hydrogen) atoms. The number of hydrogen-bond donors (Lipinski definition) is 13. The van der Waals surface area contributed by atoms with Crippen molar-refractivity contribution in [2.75, 3.05) is 70.6 Å². The number of aryl methyl sites for hydroxylation is 5. The molecule has 19 N–H and O–H groups in total. The number of carbonyl (C=O) groups is 5. The number of nitrogens with two attached hydrogens (primary N) is 6. The molecule has 4 amide bonds. The molecule has 0 fully saturated rings. The predicted octanol–water partition coefficient (Wildman–Crippen LogP) is 7.21. The van der Waals surface area contributed by atoms with E-state index in [9.17, 15) is 34.5 Å². The van der Waals surface area contributed by atoms with Crippen LogP contribution in [0.25, 0.3) is 0 Å². The Labute approximate surface area is 857 Å². The van der Waals surface area contributed by atoms with Crippen molar-refractivity contribution in [3.8, 4) is 36.0 Å². The molecule has 0 aliphatic heterocycles. The molecule has 5 aromatic carbocycles. The van der Waals surface area contributed by atoms with E-state index in [4.69, 9.17) is 99.3 Å². The zero-order valence-corrected chi connectivity index (χ0v) is 84.9. The standard InChI is InChI=1S/C19H24N6O2.C18H24N6O3.C14H14N4OS.C13H11ClN4S.C7H9N.C6H3Cl2N3S.C6H14N2O.CH2O3.2K.H/c1-11(2)8-15(16(21)26)23-19-24-17(14(10-20)18(25-19)27-4)22-13-7-5-6-12(3)9-13;1-9(2)7-12(14(19)25)22-18-23-16(13(15(20)26)17(27)24-18)21-11-6-4-5-10(3)8-11;1-9-5-4-6-10(7-9)16-12-11(8-15)13(19-2)18-14(17-12)20-3;1-8-4-3-5-9(6-8)16-12-10(7-15)11(14)17-13(18-12)19-2;1-6-3-2-4-7(8)5-6;1-12-6-10-4(7)3(2-9)5(8)11-6;1-4(2)3-5(7)6(8)9;2-1-4-3;;;/h5-7,9,11,15H,8H2,1-4H3,(H2,21,26)(H2,22,23,24,25);4-6,8-9,12H,7H2,1-3H3,(H2,19,25)(H2,20,26)(H3,21,22,23,24,27);4-7H,1-3H3,(H,16,17,18);3-6H,1-2H3,(H,16,17,18);2-5H,8H2,1H3;1H3;4-5H,3,7H2,1-2H3,(H2,8,9);1,3H;;;/q;;;;;;;;2*+1;-1/p-1/t15-;12-;;;;;5-;;;;/m11....1..../s1. The first-order valence-corrected chi connectivity index (χ1v) is 42.5. The SMILES string of the molecule is CC(C)C[C@@H](N)C(N)=O.COc1nc(N[C@H](CC(C)C)C(N)=O)nc(Nc2cccc(C)c2)c1C#N.COc1nc(SC)nc(Nc2cccc(C)c2)c1C#N.CSc1nc(Cl)c(C#N)c(Cl)n1.CSc1nc(Cl)c(C#N)c(Nc2cccc(C)c2)n1.Cc1cccc(N)c1.Cc1cccc(Nc2nc(N[C@H](CC(C)C)C(N)=O)[nH]c(=O)c2C(N)=O)c1.O=CO[O-].[H-].[K+].[K+]. The summed E-state index contributed by atoms with van der Waals surface area (Å²) in [5.74, 6) is 0.202. The van der Waals surface area contributed by atoms with Crippen LogP contribution in [0.15, 0.2) is 142 Å². The van der Waals surface area contributed by atoms with Gasteiger partial charge in [-0.3, -0.25) is 33.8 Å². The zero-order valence-electron chi connectivity index (χ0n) is 74.9. The maximum absolute atomic E-state index is 12.3.